The third-order valence-corrected chi connectivity index (χ3v) is 3.98. The smallest absolute Gasteiger partial charge is 0.354 e. The van der Waals surface area contributed by atoms with Gasteiger partial charge in [-0.3, -0.25) is 4.99 Å². The van der Waals surface area contributed by atoms with Gasteiger partial charge in [0, 0.05) is 6.54 Å². The molecule has 4 nitrogen and oxygen atoms in total. The summed E-state index contributed by atoms with van der Waals surface area (Å²) >= 11 is 0. The maximum atomic E-state index is 12.2. The van der Waals surface area contributed by atoms with Crippen LogP contribution in [0.2, 0.25) is 0 Å². The van der Waals surface area contributed by atoms with Crippen molar-refractivity contribution in [2.24, 2.45) is 16.1 Å². The van der Waals surface area contributed by atoms with Crippen LogP contribution in [0.1, 0.15) is 38.7 Å². The minimum atomic E-state index is -0.383. The molecule has 0 saturated carbocycles. The second-order valence-electron chi connectivity index (χ2n) is 6.39. The van der Waals surface area contributed by atoms with Gasteiger partial charge in [-0.15, -0.1) is 0 Å². The lowest BCUT2D eigenvalue weighted by Gasteiger charge is -2.28. The molecule has 2 N–H and O–H groups in total. The van der Waals surface area contributed by atoms with Gasteiger partial charge >= 0.3 is 5.97 Å². The molecular formula is C17H24N2O2. The van der Waals surface area contributed by atoms with Crippen LogP contribution in [0.3, 0.4) is 0 Å². The molecule has 0 aromatic heterocycles. The van der Waals surface area contributed by atoms with E-state index in [9.17, 15) is 4.79 Å². The van der Waals surface area contributed by atoms with Crippen LogP contribution in [-0.2, 0) is 16.1 Å². The molecule has 1 aromatic carbocycles. The van der Waals surface area contributed by atoms with Gasteiger partial charge in [-0.2, -0.15) is 0 Å². The number of benzene rings is 1. The van der Waals surface area contributed by atoms with Crippen molar-refractivity contribution in [1.82, 2.24) is 0 Å². The van der Waals surface area contributed by atoms with Crippen molar-refractivity contribution >= 4 is 11.7 Å². The predicted molar refractivity (Wildman–Crippen MR) is 84.1 cm³/mol. The van der Waals surface area contributed by atoms with Gasteiger partial charge in [0.1, 0.15) is 12.3 Å². The van der Waals surface area contributed by atoms with Gasteiger partial charge in [0.05, 0.1) is 6.04 Å². The molecule has 1 aromatic rings. The van der Waals surface area contributed by atoms with Crippen LogP contribution < -0.4 is 5.73 Å². The fraction of sp³-hybridized carbons (Fsp3) is 0.529. The first-order valence-corrected chi connectivity index (χ1v) is 7.49. The quantitative estimate of drug-likeness (QED) is 0.870. The number of carbonyl (C=O) groups excluding carboxylic acids is 1. The Bertz CT molecular complexity index is 509. The Balaban J connectivity index is 1.97. The first kappa shape index (κ1) is 15.7. The molecule has 1 atom stereocenters. The average molecular weight is 288 g/mol. The normalized spacial score (nSPS) is 24.3. The Kier molecular flexibility index (Phi) is 5.12. The fourth-order valence-corrected chi connectivity index (χ4v) is 2.42. The number of esters is 1. The molecule has 0 aliphatic carbocycles. The zero-order valence-electron chi connectivity index (χ0n) is 12.8. The number of carbonyl (C=O) groups is 1. The van der Waals surface area contributed by atoms with Crippen molar-refractivity contribution in [1.29, 1.82) is 0 Å². The highest BCUT2D eigenvalue weighted by atomic mass is 16.5. The molecule has 0 radical (unpaired) electrons. The van der Waals surface area contributed by atoms with Crippen LogP contribution >= 0.6 is 0 Å². The van der Waals surface area contributed by atoms with E-state index in [0.717, 1.165) is 24.8 Å². The third kappa shape index (κ3) is 4.67. The molecule has 1 unspecified atom stereocenters. The number of aliphatic imine (C=N–C) groups is 1. The number of ether oxygens (including phenoxy) is 1. The van der Waals surface area contributed by atoms with Gasteiger partial charge in [-0.05, 0) is 30.2 Å². The van der Waals surface area contributed by atoms with Gasteiger partial charge in [0.2, 0.25) is 0 Å². The second kappa shape index (κ2) is 6.85. The Labute approximate surface area is 126 Å². The van der Waals surface area contributed by atoms with Crippen LogP contribution in [0, 0.1) is 5.41 Å². The SMILES string of the molecule is CC1(C)CC/N=C(/C(=O)OCc2ccccc2)C(N)CC1. The highest BCUT2D eigenvalue weighted by Gasteiger charge is 2.27. The summed E-state index contributed by atoms with van der Waals surface area (Å²) in [6.07, 6.45) is 2.74. The predicted octanol–water partition coefficient (Wildman–Crippen LogP) is 2.71. The lowest BCUT2D eigenvalue weighted by molar-refractivity contribution is -0.137. The molecule has 114 valence electrons. The van der Waals surface area contributed by atoms with Gasteiger partial charge < -0.3 is 10.5 Å². The lowest BCUT2D eigenvalue weighted by atomic mass is 9.82. The molecule has 2 rings (SSSR count). The van der Waals surface area contributed by atoms with E-state index in [1.807, 2.05) is 30.3 Å². The summed E-state index contributed by atoms with van der Waals surface area (Å²) in [6, 6.07) is 9.30. The van der Waals surface area contributed by atoms with Crippen molar-refractivity contribution in [3.8, 4) is 0 Å². The van der Waals surface area contributed by atoms with Gasteiger partial charge in [0.25, 0.3) is 0 Å². The van der Waals surface area contributed by atoms with Gasteiger partial charge in [0.15, 0.2) is 0 Å². The minimum Gasteiger partial charge on any atom is -0.456 e. The minimum absolute atomic E-state index is 0.237. The molecule has 0 spiro atoms. The summed E-state index contributed by atoms with van der Waals surface area (Å²) in [5, 5.41) is 0. The number of hydrogen-bond donors (Lipinski definition) is 1. The number of nitrogens with two attached hydrogens (primary N) is 1. The molecule has 21 heavy (non-hydrogen) atoms. The summed E-state index contributed by atoms with van der Waals surface area (Å²) in [7, 11) is 0. The Morgan fingerprint density at radius 2 is 2.05 bits per heavy atom. The molecule has 4 heteroatoms. The van der Waals surface area contributed by atoms with E-state index in [2.05, 4.69) is 18.8 Å². The van der Waals surface area contributed by atoms with E-state index >= 15 is 0 Å². The molecule has 0 bridgehead atoms. The third-order valence-electron chi connectivity index (χ3n) is 3.98. The number of nitrogens with zero attached hydrogens (tertiary/aromatic N) is 1. The van der Waals surface area contributed by atoms with E-state index in [0.29, 0.717) is 12.3 Å². The Morgan fingerprint density at radius 3 is 2.76 bits per heavy atom. The zero-order chi connectivity index (χ0) is 15.3. The first-order valence-electron chi connectivity index (χ1n) is 7.49. The topological polar surface area (TPSA) is 64.7 Å². The van der Waals surface area contributed by atoms with Crippen LogP contribution in [0.25, 0.3) is 0 Å². The van der Waals surface area contributed by atoms with Crippen molar-refractivity contribution in [2.75, 3.05) is 6.54 Å². The maximum absolute atomic E-state index is 12.2. The van der Waals surface area contributed by atoms with E-state index in [-0.39, 0.29) is 24.0 Å². The molecule has 0 amide bonds. The Hall–Kier alpha value is -1.68. The van der Waals surface area contributed by atoms with Crippen molar-refractivity contribution in [3.05, 3.63) is 35.9 Å². The first-order chi connectivity index (χ1) is 9.98. The lowest BCUT2D eigenvalue weighted by Crippen LogP contribution is -2.39. The molecule has 0 fully saturated rings. The molecule has 1 aliphatic heterocycles. The van der Waals surface area contributed by atoms with E-state index in [1.165, 1.54) is 0 Å². The van der Waals surface area contributed by atoms with Crippen molar-refractivity contribution < 1.29 is 9.53 Å². The molecule has 0 saturated heterocycles. The summed E-state index contributed by atoms with van der Waals surface area (Å²) < 4.78 is 5.34. The highest BCUT2D eigenvalue weighted by molar-refractivity contribution is 6.38. The second-order valence-corrected chi connectivity index (χ2v) is 6.39. The molecule has 1 heterocycles. The highest BCUT2D eigenvalue weighted by Crippen LogP contribution is 2.28. The van der Waals surface area contributed by atoms with Crippen LogP contribution in [0.15, 0.2) is 35.3 Å². The number of hydrogen-bond acceptors (Lipinski definition) is 4. The van der Waals surface area contributed by atoms with Crippen LogP contribution in [-0.4, -0.2) is 24.3 Å². The van der Waals surface area contributed by atoms with Gasteiger partial charge in [-0.1, -0.05) is 44.2 Å². The summed E-state index contributed by atoms with van der Waals surface area (Å²) in [4.78, 5) is 16.6. The zero-order valence-corrected chi connectivity index (χ0v) is 12.8. The van der Waals surface area contributed by atoms with E-state index in [4.69, 9.17) is 10.5 Å². The number of rotatable bonds is 3. The summed E-state index contributed by atoms with van der Waals surface area (Å²) in [6.45, 7) is 5.33. The summed E-state index contributed by atoms with van der Waals surface area (Å²) in [5.74, 6) is -0.383. The average Bonchev–Trinajstić information content (AvgIpc) is 2.47. The fourth-order valence-electron chi connectivity index (χ4n) is 2.42. The maximum Gasteiger partial charge on any atom is 0.354 e. The largest absolute Gasteiger partial charge is 0.456 e. The monoisotopic (exact) mass is 288 g/mol. The van der Waals surface area contributed by atoms with Crippen LogP contribution in [0.5, 0.6) is 0 Å². The van der Waals surface area contributed by atoms with E-state index in [1.54, 1.807) is 0 Å². The Morgan fingerprint density at radius 1 is 1.33 bits per heavy atom. The van der Waals surface area contributed by atoms with Crippen molar-refractivity contribution in [2.45, 2.75) is 45.8 Å². The van der Waals surface area contributed by atoms with Gasteiger partial charge in [-0.25, -0.2) is 4.79 Å². The molecular weight excluding hydrogens is 264 g/mol. The molecule has 1 aliphatic rings. The van der Waals surface area contributed by atoms with E-state index < -0.39 is 0 Å². The van der Waals surface area contributed by atoms with Crippen LogP contribution in [0.4, 0.5) is 0 Å². The van der Waals surface area contributed by atoms with Crippen molar-refractivity contribution in [3.63, 3.8) is 0 Å². The summed E-state index contributed by atoms with van der Waals surface area (Å²) in [5.41, 5.74) is 7.70. The standard InChI is InChI=1S/C17H24N2O2/c1-17(2)9-8-14(18)15(19-11-10-17)16(20)21-12-13-6-4-3-5-7-13/h3-7,14H,8-12,18H2,1-2H3/b19-15+.